The van der Waals surface area contributed by atoms with Crippen molar-refractivity contribution in [2.24, 2.45) is 0 Å². The van der Waals surface area contributed by atoms with Crippen molar-refractivity contribution in [2.75, 3.05) is 17.7 Å². The molecular weight excluding hydrogens is 310 g/mol. The molecule has 0 aromatic carbocycles. The van der Waals surface area contributed by atoms with Crippen molar-refractivity contribution in [1.82, 2.24) is 24.7 Å². The molecule has 3 rings (SSSR count). The molecule has 0 aliphatic carbocycles. The number of aromatic nitrogens is 5. The van der Waals surface area contributed by atoms with Gasteiger partial charge in [-0.2, -0.15) is 20.1 Å². The average Bonchev–Trinajstić information content (AvgIpc) is 3.10. The lowest BCUT2D eigenvalue weighted by Crippen LogP contribution is -2.21. The van der Waals surface area contributed by atoms with Crippen molar-refractivity contribution in [3.8, 4) is 5.95 Å². The van der Waals surface area contributed by atoms with Gasteiger partial charge >= 0.3 is 0 Å². The maximum absolute atomic E-state index is 5.94. The maximum atomic E-state index is 5.94. The number of nitrogen functional groups attached to an aromatic ring is 1. The molecule has 7 nitrogen and oxygen atoms in total. The van der Waals surface area contributed by atoms with Gasteiger partial charge in [0.1, 0.15) is 0 Å². The minimum absolute atomic E-state index is 0.154. The van der Waals surface area contributed by atoms with E-state index < -0.39 is 0 Å². The van der Waals surface area contributed by atoms with Crippen LogP contribution in [0.4, 0.5) is 11.9 Å². The van der Waals surface area contributed by atoms with Gasteiger partial charge in [0.05, 0.1) is 10.9 Å². The number of hydrogen-bond acceptors (Lipinski definition) is 7. The second kappa shape index (κ2) is 5.66. The van der Waals surface area contributed by atoms with Gasteiger partial charge in [-0.05, 0) is 18.2 Å². The fourth-order valence-electron chi connectivity index (χ4n) is 1.77. The van der Waals surface area contributed by atoms with Crippen LogP contribution in [0.5, 0.6) is 0 Å². The lowest BCUT2D eigenvalue weighted by molar-refractivity contribution is 0.779. The summed E-state index contributed by atoms with van der Waals surface area (Å²) in [6.45, 7) is 0.638. The number of thiophene rings is 1. The minimum Gasteiger partial charge on any atom is -0.368 e. The van der Waals surface area contributed by atoms with Gasteiger partial charge in [0.25, 0.3) is 5.95 Å². The first-order valence-corrected chi connectivity index (χ1v) is 7.28. The molecule has 0 saturated carbocycles. The van der Waals surface area contributed by atoms with E-state index in [9.17, 15) is 0 Å². The predicted molar refractivity (Wildman–Crippen MR) is 82.8 cm³/mol. The van der Waals surface area contributed by atoms with Crippen LogP contribution in [0.1, 0.15) is 4.88 Å². The van der Waals surface area contributed by atoms with Crippen LogP contribution in [0, 0.1) is 0 Å². The molecule has 9 heteroatoms. The fraction of sp³-hybridized carbons (Fsp3) is 0.167. The number of anilines is 2. The molecule has 0 atom stereocenters. The van der Waals surface area contributed by atoms with E-state index in [0.29, 0.717) is 18.4 Å². The topological polar surface area (TPSA) is 85.8 Å². The Morgan fingerprint density at radius 2 is 2.19 bits per heavy atom. The Labute approximate surface area is 130 Å². The zero-order valence-corrected chi connectivity index (χ0v) is 12.7. The Kier molecular flexibility index (Phi) is 3.72. The van der Waals surface area contributed by atoms with E-state index in [0.717, 1.165) is 9.21 Å². The summed E-state index contributed by atoms with van der Waals surface area (Å²) in [5, 5.41) is 4.09. The van der Waals surface area contributed by atoms with Crippen molar-refractivity contribution in [3.63, 3.8) is 0 Å². The summed E-state index contributed by atoms with van der Waals surface area (Å²) in [6.07, 6.45) is 3.40. The van der Waals surface area contributed by atoms with Crippen molar-refractivity contribution >= 4 is 34.8 Å². The second-order valence-electron chi connectivity index (χ2n) is 4.31. The normalized spacial score (nSPS) is 10.8. The van der Waals surface area contributed by atoms with Crippen LogP contribution in [-0.4, -0.2) is 31.8 Å². The quantitative estimate of drug-likeness (QED) is 0.791. The Hall–Kier alpha value is -2.19. The van der Waals surface area contributed by atoms with Gasteiger partial charge in [-0.1, -0.05) is 11.6 Å². The molecule has 21 heavy (non-hydrogen) atoms. The zero-order chi connectivity index (χ0) is 14.8. The third-order valence-corrected chi connectivity index (χ3v) is 3.92. The number of halogens is 1. The smallest absolute Gasteiger partial charge is 0.257 e. The highest BCUT2D eigenvalue weighted by Crippen LogP contribution is 2.23. The average molecular weight is 322 g/mol. The monoisotopic (exact) mass is 321 g/mol. The SMILES string of the molecule is CN(Cc1ccc(Cl)s1)c1nc(N)nc(-n2cccn2)n1. The summed E-state index contributed by atoms with van der Waals surface area (Å²) in [5.41, 5.74) is 5.75. The van der Waals surface area contributed by atoms with Crippen molar-refractivity contribution in [1.29, 1.82) is 0 Å². The molecule has 2 N–H and O–H groups in total. The summed E-state index contributed by atoms with van der Waals surface area (Å²) in [4.78, 5) is 15.6. The van der Waals surface area contributed by atoms with Crippen LogP contribution in [0.2, 0.25) is 4.34 Å². The summed E-state index contributed by atoms with van der Waals surface area (Å²) < 4.78 is 2.29. The van der Waals surface area contributed by atoms with E-state index in [1.807, 2.05) is 24.1 Å². The molecule has 0 amide bonds. The molecule has 0 fully saturated rings. The van der Waals surface area contributed by atoms with Gasteiger partial charge in [-0.15, -0.1) is 11.3 Å². The summed E-state index contributed by atoms with van der Waals surface area (Å²) in [6, 6.07) is 5.63. The Bertz CT molecular complexity index is 740. The number of nitrogens with two attached hydrogens (primary N) is 1. The standard InChI is InChI=1S/C12H12ClN7S/c1-19(7-8-3-4-9(13)21-8)11-16-10(14)17-12(18-11)20-6-2-5-15-20/h2-6H,7H2,1H3,(H2,14,16,17,18). The van der Waals surface area contributed by atoms with Gasteiger partial charge in [0, 0.05) is 24.3 Å². The molecule has 3 heterocycles. The van der Waals surface area contributed by atoms with Crippen LogP contribution < -0.4 is 10.6 Å². The Morgan fingerprint density at radius 3 is 2.86 bits per heavy atom. The molecule has 3 aromatic rings. The molecule has 0 aliphatic heterocycles. The van der Waals surface area contributed by atoms with Crippen LogP contribution in [0.3, 0.4) is 0 Å². The van der Waals surface area contributed by atoms with Gasteiger partial charge in [0.15, 0.2) is 0 Å². The number of rotatable bonds is 4. The highest BCUT2D eigenvalue weighted by molar-refractivity contribution is 7.16. The van der Waals surface area contributed by atoms with Crippen molar-refractivity contribution in [3.05, 3.63) is 39.8 Å². The lowest BCUT2D eigenvalue weighted by atomic mass is 10.4. The number of hydrogen-bond donors (Lipinski definition) is 1. The van der Waals surface area contributed by atoms with E-state index >= 15 is 0 Å². The molecule has 3 aromatic heterocycles. The third kappa shape index (κ3) is 3.11. The van der Waals surface area contributed by atoms with E-state index in [1.54, 1.807) is 18.5 Å². The number of nitrogens with zero attached hydrogens (tertiary/aromatic N) is 6. The molecule has 0 unspecified atom stereocenters. The van der Waals surface area contributed by atoms with Crippen LogP contribution in [-0.2, 0) is 6.54 Å². The predicted octanol–water partition coefficient (Wildman–Crippen LogP) is 1.99. The molecule has 0 spiro atoms. The van der Waals surface area contributed by atoms with Crippen LogP contribution >= 0.6 is 22.9 Å². The highest BCUT2D eigenvalue weighted by Gasteiger charge is 2.11. The molecular formula is C12H12ClN7S. The van der Waals surface area contributed by atoms with E-state index in [4.69, 9.17) is 17.3 Å². The lowest BCUT2D eigenvalue weighted by Gasteiger charge is -2.16. The zero-order valence-electron chi connectivity index (χ0n) is 11.1. The molecule has 0 aliphatic rings. The van der Waals surface area contributed by atoms with E-state index in [1.165, 1.54) is 16.0 Å². The molecule has 0 radical (unpaired) electrons. The first-order chi connectivity index (χ1) is 10.1. The summed E-state index contributed by atoms with van der Waals surface area (Å²) >= 11 is 7.46. The van der Waals surface area contributed by atoms with E-state index in [2.05, 4.69) is 20.1 Å². The van der Waals surface area contributed by atoms with E-state index in [-0.39, 0.29) is 5.95 Å². The van der Waals surface area contributed by atoms with Gasteiger partial charge < -0.3 is 10.6 Å². The Balaban J connectivity index is 1.87. The molecule has 0 saturated heterocycles. The van der Waals surface area contributed by atoms with Crippen molar-refractivity contribution in [2.45, 2.75) is 6.54 Å². The first kappa shape index (κ1) is 13.8. The molecule has 0 bridgehead atoms. The van der Waals surface area contributed by atoms with Crippen LogP contribution in [0.15, 0.2) is 30.6 Å². The first-order valence-electron chi connectivity index (χ1n) is 6.09. The van der Waals surface area contributed by atoms with Crippen molar-refractivity contribution < 1.29 is 0 Å². The minimum atomic E-state index is 0.154. The largest absolute Gasteiger partial charge is 0.368 e. The Morgan fingerprint density at radius 1 is 1.33 bits per heavy atom. The van der Waals surface area contributed by atoms with Crippen LogP contribution in [0.25, 0.3) is 5.95 Å². The van der Waals surface area contributed by atoms with Gasteiger partial charge in [-0.25, -0.2) is 4.68 Å². The highest BCUT2D eigenvalue weighted by atomic mass is 35.5. The second-order valence-corrected chi connectivity index (χ2v) is 6.11. The van der Waals surface area contributed by atoms with Gasteiger partial charge in [-0.3, -0.25) is 0 Å². The maximum Gasteiger partial charge on any atom is 0.257 e. The summed E-state index contributed by atoms with van der Waals surface area (Å²) in [5.74, 6) is 1.03. The third-order valence-electron chi connectivity index (χ3n) is 2.70. The van der Waals surface area contributed by atoms with Gasteiger partial charge in [0.2, 0.25) is 11.9 Å². The molecule has 108 valence electrons. The fourth-order valence-corrected chi connectivity index (χ4v) is 2.91. The summed E-state index contributed by atoms with van der Waals surface area (Å²) in [7, 11) is 1.88.